The maximum atomic E-state index is 12.5. The van der Waals surface area contributed by atoms with Crippen molar-refractivity contribution in [2.24, 2.45) is 0 Å². The van der Waals surface area contributed by atoms with Gasteiger partial charge in [-0.25, -0.2) is 0 Å². The zero-order valence-electron chi connectivity index (χ0n) is 12.1. The van der Waals surface area contributed by atoms with E-state index in [1.807, 2.05) is 24.3 Å². The predicted molar refractivity (Wildman–Crippen MR) is 84.8 cm³/mol. The average Bonchev–Trinajstić information content (AvgIpc) is 3.03. The Morgan fingerprint density at radius 2 is 2.00 bits per heavy atom. The Bertz CT molecular complexity index is 653. The highest BCUT2D eigenvalue weighted by Crippen LogP contribution is 2.13. The fourth-order valence-electron chi connectivity index (χ4n) is 1.84. The summed E-state index contributed by atoms with van der Waals surface area (Å²) in [7, 11) is 0. The molecule has 2 rings (SSSR count). The zero-order chi connectivity index (χ0) is 14.9. The summed E-state index contributed by atoms with van der Waals surface area (Å²) in [6, 6.07) is 12.8. The third kappa shape index (κ3) is 4.50. The Morgan fingerprint density at radius 1 is 1.19 bits per heavy atom. The van der Waals surface area contributed by atoms with Gasteiger partial charge in [-0.15, -0.1) is 0 Å². The fraction of sp³-hybridized carbons (Fsp3) is 0.211. The molecule has 0 aliphatic carbocycles. The number of carbonyl (C=O) groups is 1. The van der Waals surface area contributed by atoms with Crippen LogP contribution in [-0.2, 0) is 0 Å². The van der Waals surface area contributed by atoms with Gasteiger partial charge >= 0.3 is 0 Å². The Labute approximate surface area is 125 Å². The van der Waals surface area contributed by atoms with Crippen LogP contribution in [0.5, 0.6) is 0 Å². The highest BCUT2D eigenvalue weighted by Gasteiger charge is 2.10. The number of carbonyl (C=O) groups excluding carboxylic acids is 1. The van der Waals surface area contributed by atoms with Gasteiger partial charge in [-0.1, -0.05) is 55.5 Å². The maximum Gasteiger partial charge on any atom is 0.201 e. The Hall–Kier alpha value is -2.53. The number of furan rings is 1. The third-order valence-electron chi connectivity index (χ3n) is 2.99. The van der Waals surface area contributed by atoms with E-state index < -0.39 is 0 Å². The zero-order valence-corrected chi connectivity index (χ0v) is 12.1. The molecule has 0 spiro atoms. The summed E-state index contributed by atoms with van der Waals surface area (Å²) in [4.78, 5) is 12.5. The molecule has 0 aliphatic rings. The standard InChI is InChI=1S/C19H18O2/c1-2-3-4-6-12-17(15-18-13-9-14-21-18)19(20)16-10-7-5-8-11-16/h5,7-11,13-15H,2-4H2,1H3/b17-15+. The number of ketones is 1. The molecule has 0 unspecified atom stereocenters. The van der Waals surface area contributed by atoms with Crippen molar-refractivity contribution < 1.29 is 9.21 Å². The van der Waals surface area contributed by atoms with E-state index in [9.17, 15) is 4.79 Å². The highest BCUT2D eigenvalue weighted by atomic mass is 16.3. The molecule has 2 aromatic rings. The van der Waals surface area contributed by atoms with Crippen LogP contribution >= 0.6 is 0 Å². The van der Waals surface area contributed by atoms with Crippen LogP contribution in [0, 0.1) is 11.8 Å². The van der Waals surface area contributed by atoms with Crippen molar-refractivity contribution in [2.75, 3.05) is 0 Å². The first kappa shape index (κ1) is 14.9. The van der Waals surface area contributed by atoms with Crippen LogP contribution in [0.3, 0.4) is 0 Å². The first-order valence-electron chi connectivity index (χ1n) is 7.15. The maximum absolute atomic E-state index is 12.5. The van der Waals surface area contributed by atoms with Crippen molar-refractivity contribution in [1.82, 2.24) is 0 Å². The molecule has 1 heterocycles. The molecule has 0 atom stereocenters. The molecule has 106 valence electrons. The van der Waals surface area contributed by atoms with E-state index >= 15 is 0 Å². The number of benzene rings is 1. The van der Waals surface area contributed by atoms with Gasteiger partial charge in [0.05, 0.1) is 11.8 Å². The van der Waals surface area contributed by atoms with Crippen LogP contribution in [-0.4, -0.2) is 5.78 Å². The van der Waals surface area contributed by atoms with Crippen molar-refractivity contribution in [1.29, 1.82) is 0 Å². The summed E-state index contributed by atoms with van der Waals surface area (Å²) in [5.41, 5.74) is 1.10. The smallest absolute Gasteiger partial charge is 0.201 e. The lowest BCUT2D eigenvalue weighted by Crippen LogP contribution is -2.01. The summed E-state index contributed by atoms with van der Waals surface area (Å²) < 4.78 is 5.28. The van der Waals surface area contributed by atoms with Gasteiger partial charge in [-0.3, -0.25) is 4.79 Å². The highest BCUT2D eigenvalue weighted by molar-refractivity contribution is 6.14. The lowest BCUT2D eigenvalue weighted by atomic mass is 10.0. The van der Waals surface area contributed by atoms with E-state index in [1.165, 1.54) is 0 Å². The van der Waals surface area contributed by atoms with Gasteiger partial charge in [0.15, 0.2) is 0 Å². The largest absolute Gasteiger partial charge is 0.465 e. The van der Waals surface area contributed by atoms with Crippen LogP contribution < -0.4 is 0 Å². The molecular formula is C19H18O2. The first-order chi connectivity index (χ1) is 10.3. The van der Waals surface area contributed by atoms with E-state index in [0.29, 0.717) is 16.9 Å². The van der Waals surface area contributed by atoms with Gasteiger partial charge in [0.25, 0.3) is 0 Å². The molecule has 1 aromatic heterocycles. The normalized spacial score (nSPS) is 10.8. The van der Waals surface area contributed by atoms with Gasteiger partial charge in [-0.05, 0) is 18.6 Å². The van der Waals surface area contributed by atoms with Crippen LogP contribution in [0.15, 0.2) is 58.7 Å². The number of unbranched alkanes of at least 4 members (excludes halogenated alkanes) is 2. The molecule has 0 N–H and O–H groups in total. The quantitative estimate of drug-likeness (QED) is 0.342. The van der Waals surface area contributed by atoms with E-state index in [-0.39, 0.29) is 5.78 Å². The number of hydrogen-bond donors (Lipinski definition) is 0. The number of rotatable bonds is 5. The molecule has 0 bridgehead atoms. The van der Waals surface area contributed by atoms with Crippen molar-refractivity contribution in [3.63, 3.8) is 0 Å². The van der Waals surface area contributed by atoms with Crippen LogP contribution in [0.1, 0.15) is 42.3 Å². The molecule has 1 aromatic carbocycles. The molecule has 0 saturated carbocycles. The molecule has 21 heavy (non-hydrogen) atoms. The van der Waals surface area contributed by atoms with Gasteiger partial charge in [-0.2, -0.15) is 0 Å². The minimum Gasteiger partial charge on any atom is -0.465 e. The predicted octanol–water partition coefficient (Wildman–Crippen LogP) is 4.74. The van der Waals surface area contributed by atoms with E-state index in [0.717, 1.165) is 19.3 Å². The van der Waals surface area contributed by atoms with Crippen LogP contribution in [0.4, 0.5) is 0 Å². The van der Waals surface area contributed by atoms with Gasteiger partial charge in [0.2, 0.25) is 5.78 Å². The molecule has 2 nitrogen and oxygen atoms in total. The molecular weight excluding hydrogens is 260 g/mol. The Balaban J connectivity index is 2.27. The minimum absolute atomic E-state index is 0.0731. The van der Waals surface area contributed by atoms with Gasteiger partial charge in [0.1, 0.15) is 5.76 Å². The number of allylic oxidation sites excluding steroid dienone is 1. The average molecular weight is 278 g/mol. The lowest BCUT2D eigenvalue weighted by molar-refractivity contribution is 0.104. The summed E-state index contributed by atoms with van der Waals surface area (Å²) in [5.74, 6) is 6.63. The molecule has 0 amide bonds. The SMILES string of the molecule is CCCCC#C/C(=C\c1ccco1)C(=O)c1ccccc1. The van der Waals surface area contributed by atoms with E-state index in [1.54, 1.807) is 30.5 Å². The molecule has 0 radical (unpaired) electrons. The summed E-state index contributed by atoms with van der Waals surface area (Å²) >= 11 is 0. The topological polar surface area (TPSA) is 30.2 Å². The fourth-order valence-corrected chi connectivity index (χ4v) is 1.84. The van der Waals surface area contributed by atoms with Crippen molar-refractivity contribution >= 4 is 11.9 Å². The molecule has 0 fully saturated rings. The summed E-state index contributed by atoms with van der Waals surface area (Å²) in [5, 5.41) is 0. The van der Waals surface area contributed by atoms with Crippen molar-refractivity contribution in [3.8, 4) is 11.8 Å². The molecule has 0 aliphatic heterocycles. The number of hydrogen-bond acceptors (Lipinski definition) is 2. The van der Waals surface area contributed by atoms with Crippen molar-refractivity contribution in [3.05, 3.63) is 65.6 Å². The Morgan fingerprint density at radius 3 is 2.67 bits per heavy atom. The van der Waals surface area contributed by atoms with Gasteiger partial charge < -0.3 is 4.42 Å². The summed E-state index contributed by atoms with van der Waals surface area (Å²) in [6.45, 7) is 2.12. The van der Waals surface area contributed by atoms with E-state index in [2.05, 4.69) is 18.8 Å². The van der Waals surface area contributed by atoms with Crippen LogP contribution in [0.25, 0.3) is 6.08 Å². The van der Waals surface area contributed by atoms with Gasteiger partial charge in [0, 0.05) is 18.1 Å². The lowest BCUT2D eigenvalue weighted by Gasteiger charge is -1.99. The third-order valence-corrected chi connectivity index (χ3v) is 2.99. The van der Waals surface area contributed by atoms with Crippen LogP contribution in [0.2, 0.25) is 0 Å². The second kappa shape index (κ2) is 7.91. The number of Topliss-reactive ketones (excluding diaryl/α,β-unsaturated/α-hetero) is 1. The first-order valence-corrected chi connectivity index (χ1v) is 7.15. The minimum atomic E-state index is -0.0731. The monoisotopic (exact) mass is 278 g/mol. The molecule has 0 saturated heterocycles. The van der Waals surface area contributed by atoms with Crippen molar-refractivity contribution in [2.45, 2.75) is 26.2 Å². The Kier molecular flexibility index (Phi) is 5.60. The second-order valence-electron chi connectivity index (χ2n) is 4.67. The summed E-state index contributed by atoms with van der Waals surface area (Å²) in [6.07, 6.45) is 6.22. The molecule has 2 heteroatoms. The second-order valence-corrected chi connectivity index (χ2v) is 4.67. The van der Waals surface area contributed by atoms with E-state index in [4.69, 9.17) is 4.42 Å².